The average molecular weight is 418 g/mol. The highest BCUT2D eigenvalue weighted by molar-refractivity contribution is 5.86. The summed E-state index contributed by atoms with van der Waals surface area (Å²) in [6.45, 7) is 11.3. The Morgan fingerprint density at radius 3 is 2.37 bits per heavy atom. The van der Waals surface area contributed by atoms with Crippen LogP contribution in [-0.2, 0) is 9.53 Å². The van der Waals surface area contributed by atoms with Crippen molar-refractivity contribution in [1.29, 1.82) is 0 Å². The normalized spacial score (nSPS) is 11.4. The second kappa shape index (κ2) is 9.78. The number of hydrogen-bond acceptors (Lipinski definition) is 6. The molecule has 0 aliphatic heterocycles. The third-order valence-electron chi connectivity index (χ3n) is 4.77. The second-order valence-electron chi connectivity index (χ2n) is 8.42. The molecule has 0 saturated carbocycles. The van der Waals surface area contributed by atoms with Crippen LogP contribution in [0.15, 0.2) is 21.3 Å². The standard InChI is InChI=1S/C23H31NO6/c1-14-15(2)21(26)29-20-16(3)18(12-11-17(14)20)28-19(25)10-8-7-9-13-24-22(27)30-23(4,5)6/h11-12H,7-10,13H2,1-6H3,(H,24,27). The van der Waals surface area contributed by atoms with Crippen molar-refractivity contribution in [2.45, 2.75) is 72.8 Å². The Morgan fingerprint density at radius 1 is 1.00 bits per heavy atom. The Balaban J connectivity index is 1.82. The van der Waals surface area contributed by atoms with Gasteiger partial charge in [0.05, 0.1) is 0 Å². The van der Waals surface area contributed by atoms with E-state index >= 15 is 0 Å². The van der Waals surface area contributed by atoms with Crippen molar-refractivity contribution in [2.75, 3.05) is 6.54 Å². The Bertz CT molecular complexity index is 984. The van der Waals surface area contributed by atoms with E-state index in [4.69, 9.17) is 13.9 Å². The molecule has 0 unspecified atom stereocenters. The summed E-state index contributed by atoms with van der Waals surface area (Å²) in [5, 5.41) is 3.53. The summed E-state index contributed by atoms with van der Waals surface area (Å²) >= 11 is 0. The lowest BCUT2D eigenvalue weighted by atomic mass is 10.0. The maximum Gasteiger partial charge on any atom is 0.407 e. The van der Waals surface area contributed by atoms with Gasteiger partial charge < -0.3 is 19.2 Å². The van der Waals surface area contributed by atoms with Crippen LogP contribution in [0.25, 0.3) is 11.0 Å². The molecule has 2 rings (SSSR count). The number of amides is 1. The molecule has 1 N–H and O–H groups in total. The van der Waals surface area contributed by atoms with Crippen LogP contribution in [-0.4, -0.2) is 24.2 Å². The zero-order valence-corrected chi connectivity index (χ0v) is 18.6. The molecule has 2 aromatic rings. The van der Waals surface area contributed by atoms with Gasteiger partial charge >= 0.3 is 17.7 Å². The van der Waals surface area contributed by atoms with Crippen molar-refractivity contribution in [3.63, 3.8) is 0 Å². The van der Waals surface area contributed by atoms with E-state index in [0.29, 0.717) is 35.4 Å². The number of fused-ring (bicyclic) bond motifs is 1. The highest BCUT2D eigenvalue weighted by Crippen LogP contribution is 2.29. The van der Waals surface area contributed by atoms with E-state index < -0.39 is 11.7 Å². The van der Waals surface area contributed by atoms with E-state index in [9.17, 15) is 14.4 Å². The molecule has 0 fully saturated rings. The number of nitrogens with one attached hydrogen (secondary N) is 1. The Morgan fingerprint density at radius 2 is 1.70 bits per heavy atom. The van der Waals surface area contributed by atoms with Crippen molar-refractivity contribution < 1.29 is 23.5 Å². The summed E-state index contributed by atoms with van der Waals surface area (Å²) in [5.74, 6) is 0.0502. The number of hydrogen-bond donors (Lipinski definition) is 1. The summed E-state index contributed by atoms with van der Waals surface area (Å²) in [7, 11) is 0. The summed E-state index contributed by atoms with van der Waals surface area (Å²) in [6.07, 6.45) is 1.99. The van der Waals surface area contributed by atoms with Crippen LogP contribution in [0.2, 0.25) is 0 Å². The number of rotatable bonds is 7. The minimum Gasteiger partial charge on any atom is -0.444 e. The quantitative estimate of drug-likeness (QED) is 0.303. The van der Waals surface area contributed by atoms with Gasteiger partial charge in [0, 0.05) is 29.5 Å². The minimum atomic E-state index is -0.519. The topological polar surface area (TPSA) is 94.8 Å². The number of benzene rings is 1. The zero-order valence-electron chi connectivity index (χ0n) is 18.6. The maximum absolute atomic E-state index is 12.2. The SMILES string of the molecule is Cc1c(C)c2ccc(OC(=O)CCCCCNC(=O)OC(C)(C)C)c(C)c2oc1=O. The van der Waals surface area contributed by atoms with Gasteiger partial charge in [-0.3, -0.25) is 4.79 Å². The molecule has 164 valence electrons. The molecule has 7 nitrogen and oxygen atoms in total. The number of alkyl carbamates (subject to hydrolysis) is 1. The molecule has 0 bridgehead atoms. The van der Waals surface area contributed by atoms with E-state index in [-0.39, 0.29) is 18.0 Å². The smallest absolute Gasteiger partial charge is 0.407 e. The number of carbonyl (C=O) groups excluding carboxylic acids is 2. The van der Waals surface area contributed by atoms with Crippen LogP contribution in [0.3, 0.4) is 0 Å². The van der Waals surface area contributed by atoms with Crippen LogP contribution >= 0.6 is 0 Å². The van der Waals surface area contributed by atoms with Gasteiger partial charge in [-0.2, -0.15) is 0 Å². The summed E-state index contributed by atoms with van der Waals surface area (Å²) < 4.78 is 16.0. The molecule has 1 aromatic heterocycles. The predicted molar refractivity (Wildman–Crippen MR) is 115 cm³/mol. The van der Waals surface area contributed by atoms with Crippen molar-refractivity contribution in [3.8, 4) is 5.75 Å². The van der Waals surface area contributed by atoms with Crippen LogP contribution < -0.4 is 15.7 Å². The lowest BCUT2D eigenvalue weighted by molar-refractivity contribution is -0.134. The fraction of sp³-hybridized carbons (Fsp3) is 0.522. The van der Waals surface area contributed by atoms with Crippen molar-refractivity contribution in [2.24, 2.45) is 0 Å². The zero-order chi connectivity index (χ0) is 22.5. The van der Waals surface area contributed by atoms with Crippen LogP contribution in [0.4, 0.5) is 4.79 Å². The Kier molecular flexibility index (Phi) is 7.65. The minimum absolute atomic E-state index is 0.265. The molecule has 1 heterocycles. The van der Waals surface area contributed by atoms with Gasteiger partial charge in [-0.05, 0) is 72.1 Å². The highest BCUT2D eigenvalue weighted by Gasteiger charge is 2.16. The van der Waals surface area contributed by atoms with Gasteiger partial charge in [-0.1, -0.05) is 6.42 Å². The maximum atomic E-state index is 12.2. The molecule has 0 aliphatic carbocycles. The van der Waals surface area contributed by atoms with Crippen molar-refractivity contribution in [1.82, 2.24) is 5.32 Å². The monoisotopic (exact) mass is 417 g/mol. The van der Waals surface area contributed by atoms with Crippen molar-refractivity contribution >= 4 is 23.0 Å². The highest BCUT2D eigenvalue weighted by atomic mass is 16.6. The molecule has 1 amide bonds. The third-order valence-corrected chi connectivity index (χ3v) is 4.77. The first-order valence-corrected chi connectivity index (χ1v) is 10.2. The average Bonchev–Trinajstić information content (AvgIpc) is 2.64. The fourth-order valence-electron chi connectivity index (χ4n) is 2.98. The lowest BCUT2D eigenvalue weighted by Crippen LogP contribution is -2.33. The largest absolute Gasteiger partial charge is 0.444 e. The Labute approximate surface area is 176 Å². The predicted octanol–water partition coefficient (Wildman–Crippen LogP) is 4.71. The van der Waals surface area contributed by atoms with E-state index in [1.165, 1.54) is 0 Å². The molecule has 0 saturated heterocycles. The molecule has 7 heteroatoms. The number of esters is 1. The van der Waals surface area contributed by atoms with E-state index in [0.717, 1.165) is 23.8 Å². The third kappa shape index (κ3) is 6.34. The van der Waals surface area contributed by atoms with Crippen LogP contribution in [0.1, 0.15) is 63.1 Å². The summed E-state index contributed by atoms with van der Waals surface area (Å²) in [5.41, 5.74) is 1.61. The molecule has 1 aromatic carbocycles. The molecule has 0 radical (unpaired) electrons. The van der Waals surface area contributed by atoms with Crippen LogP contribution in [0, 0.1) is 20.8 Å². The first kappa shape index (κ1) is 23.4. The first-order valence-electron chi connectivity index (χ1n) is 10.2. The second-order valence-corrected chi connectivity index (χ2v) is 8.42. The lowest BCUT2D eigenvalue weighted by Gasteiger charge is -2.19. The van der Waals surface area contributed by atoms with Gasteiger partial charge in [-0.15, -0.1) is 0 Å². The number of aryl methyl sites for hydroxylation is 2. The summed E-state index contributed by atoms with van der Waals surface area (Å²) in [6, 6.07) is 3.53. The van der Waals surface area contributed by atoms with Gasteiger partial charge in [0.25, 0.3) is 0 Å². The molecule has 0 aliphatic rings. The molecule has 0 atom stereocenters. The Hall–Kier alpha value is -2.83. The van der Waals surface area contributed by atoms with E-state index in [2.05, 4.69) is 5.32 Å². The number of ether oxygens (including phenoxy) is 2. The van der Waals surface area contributed by atoms with Crippen molar-refractivity contribution in [3.05, 3.63) is 39.2 Å². The van der Waals surface area contributed by atoms with E-state index in [1.807, 2.05) is 27.7 Å². The first-order chi connectivity index (χ1) is 14.0. The number of carbonyl (C=O) groups is 2. The molecule has 0 spiro atoms. The van der Waals surface area contributed by atoms with Crippen LogP contribution in [0.5, 0.6) is 5.75 Å². The molecular formula is C23H31NO6. The molecule has 30 heavy (non-hydrogen) atoms. The van der Waals surface area contributed by atoms with Gasteiger partial charge in [0.15, 0.2) is 0 Å². The van der Waals surface area contributed by atoms with Gasteiger partial charge in [0.1, 0.15) is 16.9 Å². The van der Waals surface area contributed by atoms with E-state index in [1.54, 1.807) is 26.0 Å². The number of unbranched alkanes of at least 4 members (excludes halogenated alkanes) is 2. The van der Waals surface area contributed by atoms with Gasteiger partial charge in [-0.25, -0.2) is 9.59 Å². The summed E-state index contributed by atoms with van der Waals surface area (Å²) in [4.78, 5) is 35.7. The fourth-order valence-corrected chi connectivity index (χ4v) is 2.98. The molecular weight excluding hydrogens is 386 g/mol. The van der Waals surface area contributed by atoms with Gasteiger partial charge in [0.2, 0.25) is 0 Å².